The smallest absolute Gasteiger partial charge is 0.0245 e. The Bertz CT molecular complexity index is 349. The molecule has 1 aliphatic heterocycles. The molecule has 0 saturated carbocycles. The zero-order valence-corrected chi connectivity index (χ0v) is 11.3. The molecule has 2 nitrogen and oxygen atoms in total. The van der Waals surface area contributed by atoms with Crippen LogP contribution in [0.15, 0.2) is 6.07 Å². The van der Waals surface area contributed by atoms with Crippen LogP contribution in [-0.4, -0.2) is 24.0 Å². The topological polar surface area (TPSA) is 29.3 Å². The SMILES string of the molecule is Cc1cc(CN2CC(C)CC(N)C2)c(C)s1. The Hall–Kier alpha value is -0.380. The van der Waals surface area contributed by atoms with Gasteiger partial charge in [-0.3, -0.25) is 4.90 Å². The fourth-order valence-electron chi connectivity index (χ4n) is 2.72. The molecule has 2 atom stereocenters. The lowest BCUT2D eigenvalue weighted by molar-refractivity contribution is 0.158. The fraction of sp³-hybridized carbons (Fsp3) is 0.692. The summed E-state index contributed by atoms with van der Waals surface area (Å²) < 4.78 is 0. The largest absolute Gasteiger partial charge is 0.327 e. The van der Waals surface area contributed by atoms with Gasteiger partial charge in [-0.05, 0) is 37.8 Å². The van der Waals surface area contributed by atoms with Gasteiger partial charge in [0.05, 0.1) is 0 Å². The van der Waals surface area contributed by atoms with Gasteiger partial charge in [-0.15, -0.1) is 11.3 Å². The van der Waals surface area contributed by atoms with Crippen LogP contribution in [0, 0.1) is 19.8 Å². The maximum Gasteiger partial charge on any atom is 0.0245 e. The molecule has 2 rings (SSSR count). The molecule has 2 heterocycles. The van der Waals surface area contributed by atoms with Gasteiger partial charge in [0.2, 0.25) is 0 Å². The number of aryl methyl sites for hydroxylation is 2. The first-order valence-corrected chi connectivity index (χ1v) is 6.90. The maximum absolute atomic E-state index is 6.07. The molecule has 0 radical (unpaired) electrons. The predicted octanol–water partition coefficient (Wildman–Crippen LogP) is 2.53. The van der Waals surface area contributed by atoms with Crippen molar-refractivity contribution < 1.29 is 0 Å². The zero-order chi connectivity index (χ0) is 11.7. The van der Waals surface area contributed by atoms with E-state index in [1.54, 1.807) is 0 Å². The van der Waals surface area contributed by atoms with Crippen molar-refractivity contribution in [3.05, 3.63) is 21.4 Å². The van der Waals surface area contributed by atoms with Crippen molar-refractivity contribution in [1.29, 1.82) is 0 Å². The Morgan fingerprint density at radius 2 is 2.19 bits per heavy atom. The average molecular weight is 238 g/mol. The number of piperidine rings is 1. The van der Waals surface area contributed by atoms with E-state index in [1.165, 1.54) is 28.3 Å². The molecule has 90 valence electrons. The molecule has 0 amide bonds. The van der Waals surface area contributed by atoms with Gasteiger partial charge in [0, 0.05) is 35.4 Å². The summed E-state index contributed by atoms with van der Waals surface area (Å²) in [7, 11) is 0. The van der Waals surface area contributed by atoms with Crippen molar-refractivity contribution >= 4 is 11.3 Å². The van der Waals surface area contributed by atoms with Gasteiger partial charge in [-0.1, -0.05) is 6.92 Å². The van der Waals surface area contributed by atoms with Gasteiger partial charge in [0.15, 0.2) is 0 Å². The van der Waals surface area contributed by atoms with E-state index < -0.39 is 0 Å². The first-order valence-electron chi connectivity index (χ1n) is 6.08. The Balaban J connectivity index is 2.01. The second-order valence-electron chi connectivity index (χ2n) is 5.23. The number of rotatable bonds is 2. The third-order valence-electron chi connectivity index (χ3n) is 3.31. The van der Waals surface area contributed by atoms with E-state index in [1.807, 2.05) is 11.3 Å². The van der Waals surface area contributed by atoms with Crippen LogP contribution < -0.4 is 5.73 Å². The number of nitrogens with zero attached hydrogens (tertiary/aromatic N) is 1. The fourth-order valence-corrected chi connectivity index (χ4v) is 3.66. The Labute approximate surface area is 102 Å². The van der Waals surface area contributed by atoms with E-state index in [2.05, 4.69) is 31.7 Å². The lowest BCUT2D eigenvalue weighted by Crippen LogP contribution is -2.45. The summed E-state index contributed by atoms with van der Waals surface area (Å²) in [6.07, 6.45) is 1.18. The number of hydrogen-bond acceptors (Lipinski definition) is 3. The quantitative estimate of drug-likeness (QED) is 0.858. The van der Waals surface area contributed by atoms with Gasteiger partial charge in [0.25, 0.3) is 0 Å². The lowest BCUT2D eigenvalue weighted by atomic mass is 9.96. The first kappa shape index (κ1) is 12.1. The summed E-state index contributed by atoms with van der Waals surface area (Å²) in [4.78, 5) is 5.39. The molecule has 0 aliphatic carbocycles. The minimum absolute atomic E-state index is 0.365. The zero-order valence-electron chi connectivity index (χ0n) is 10.5. The van der Waals surface area contributed by atoms with Crippen LogP contribution in [0.5, 0.6) is 0 Å². The Kier molecular flexibility index (Phi) is 3.67. The average Bonchev–Trinajstić information content (AvgIpc) is 2.43. The van der Waals surface area contributed by atoms with E-state index >= 15 is 0 Å². The highest BCUT2D eigenvalue weighted by Gasteiger charge is 2.22. The Morgan fingerprint density at radius 1 is 1.44 bits per heavy atom. The van der Waals surface area contributed by atoms with Crippen LogP contribution in [0.25, 0.3) is 0 Å². The van der Waals surface area contributed by atoms with Crippen LogP contribution in [0.2, 0.25) is 0 Å². The maximum atomic E-state index is 6.07. The van der Waals surface area contributed by atoms with Crippen LogP contribution in [0.3, 0.4) is 0 Å². The van der Waals surface area contributed by atoms with E-state index in [0.29, 0.717) is 6.04 Å². The van der Waals surface area contributed by atoms with E-state index in [0.717, 1.165) is 19.0 Å². The van der Waals surface area contributed by atoms with E-state index in [-0.39, 0.29) is 0 Å². The first-order chi connectivity index (χ1) is 7.54. The molecule has 2 N–H and O–H groups in total. The number of thiophene rings is 1. The van der Waals surface area contributed by atoms with Crippen LogP contribution in [0.1, 0.15) is 28.7 Å². The summed E-state index contributed by atoms with van der Waals surface area (Å²) >= 11 is 1.90. The highest BCUT2D eigenvalue weighted by molar-refractivity contribution is 7.12. The number of nitrogens with two attached hydrogens (primary N) is 1. The van der Waals surface area contributed by atoms with Gasteiger partial charge in [-0.2, -0.15) is 0 Å². The summed E-state index contributed by atoms with van der Waals surface area (Å²) in [5, 5.41) is 0. The third kappa shape index (κ3) is 2.84. The predicted molar refractivity (Wildman–Crippen MR) is 70.8 cm³/mol. The molecule has 3 heteroatoms. The summed E-state index contributed by atoms with van der Waals surface area (Å²) in [5.74, 6) is 0.740. The molecule has 1 saturated heterocycles. The monoisotopic (exact) mass is 238 g/mol. The minimum Gasteiger partial charge on any atom is -0.327 e. The van der Waals surface area contributed by atoms with Crippen LogP contribution >= 0.6 is 11.3 Å². The lowest BCUT2D eigenvalue weighted by Gasteiger charge is -2.34. The third-order valence-corrected chi connectivity index (χ3v) is 4.31. The molecule has 0 bridgehead atoms. The summed E-state index contributed by atoms with van der Waals surface area (Å²) in [6, 6.07) is 2.69. The van der Waals surface area contributed by atoms with Crippen molar-refractivity contribution in [3.63, 3.8) is 0 Å². The molecule has 1 aromatic heterocycles. The molecule has 0 aromatic carbocycles. The van der Waals surface area contributed by atoms with E-state index in [4.69, 9.17) is 5.73 Å². The molecule has 1 fully saturated rings. The van der Waals surface area contributed by atoms with Crippen molar-refractivity contribution in [2.24, 2.45) is 11.7 Å². The van der Waals surface area contributed by atoms with Crippen molar-refractivity contribution in [3.8, 4) is 0 Å². The molecular formula is C13H22N2S. The molecule has 2 unspecified atom stereocenters. The Morgan fingerprint density at radius 3 is 2.75 bits per heavy atom. The van der Waals surface area contributed by atoms with Gasteiger partial charge in [0.1, 0.15) is 0 Å². The van der Waals surface area contributed by atoms with Crippen molar-refractivity contribution in [2.45, 2.75) is 39.8 Å². The standard InChI is InChI=1S/C13H22N2S/c1-9-4-13(14)8-15(6-9)7-12-5-10(2)16-11(12)3/h5,9,13H,4,6-8,14H2,1-3H3. The number of likely N-dealkylation sites (tertiary alicyclic amines) is 1. The number of hydrogen-bond donors (Lipinski definition) is 1. The highest BCUT2D eigenvalue weighted by atomic mass is 32.1. The normalized spacial score (nSPS) is 27.2. The summed E-state index contributed by atoms with van der Waals surface area (Å²) in [5.41, 5.74) is 7.56. The second-order valence-corrected chi connectivity index (χ2v) is 6.69. The molecule has 16 heavy (non-hydrogen) atoms. The van der Waals surface area contributed by atoms with Crippen LogP contribution in [0.4, 0.5) is 0 Å². The molecule has 1 aromatic rings. The van der Waals surface area contributed by atoms with Gasteiger partial charge in [-0.25, -0.2) is 0 Å². The molecule has 1 aliphatic rings. The van der Waals surface area contributed by atoms with Gasteiger partial charge >= 0.3 is 0 Å². The van der Waals surface area contributed by atoms with E-state index in [9.17, 15) is 0 Å². The molecular weight excluding hydrogens is 216 g/mol. The minimum atomic E-state index is 0.365. The molecule has 0 spiro atoms. The van der Waals surface area contributed by atoms with Crippen molar-refractivity contribution in [2.75, 3.05) is 13.1 Å². The van der Waals surface area contributed by atoms with Gasteiger partial charge < -0.3 is 5.73 Å². The highest BCUT2D eigenvalue weighted by Crippen LogP contribution is 2.24. The summed E-state index contributed by atoms with van der Waals surface area (Å²) in [6.45, 7) is 10.0. The second kappa shape index (κ2) is 4.86. The van der Waals surface area contributed by atoms with Crippen molar-refractivity contribution in [1.82, 2.24) is 4.90 Å². The van der Waals surface area contributed by atoms with Crippen LogP contribution in [-0.2, 0) is 6.54 Å².